The first-order valence-corrected chi connectivity index (χ1v) is 8.17. The highest BCUT2D eigenvalue weighted by molar-refractivity contribution is 6.34. The third-order valence-electron chi connectivity index (χ3n) is 3.88. The van der Waals surface area contributed by atoms with Crippen molar-refractivity contribution in [3.8, 4) is 17.5 Å². The smallest absolute Gasteiger partial charge is 0.257 e. The Hall–Kier alpha value is -2.33. The molecule has 6 nitrogen and oxygen atoms in total. The average Bonchev–Trinajstić information content (AvgIpc) is 2.95. The topological polar surface area (TPSA) is 56.6 Å². The van der Waals surface area contributed by atoms with Crippen molar-refractivity contribution in [2.75, 3.05) is 34.0 Å². The molecule has 0 spiro atoms. The van der Waals surface area contributed by atoms with Gasteiger partial charge in [0, 0.05) is 14.2 Å². The number of fused-ring (bicyclic) bond motifs is 3. The van der Waals surface area contributed by atoms with E-state index in [1.54, 1.807) is 31.5 Å². The lowest BCUT2D eigenvalue weighted by molar-refractivity contribution is 0.0788. The molecule has 0 fully saturated rings. The Morgan fingerprint density at radius 1 is 1.36 bits per heavy atom. The van der Waals surface area contributed by atoms with Crippen LogP contribution in [0.1, 0.15) is 21.7 Å². The fraction of sp³-hybridized carbons (Fsp3) is 0.333. The van der Waals surface area contributed by atoms with Crippen LogP contribution in [0.2, 0.25) is 5.02 Å². The van der Waals surface area contributed by atoms with Gasteiger partial charge in [-0.25, -0.2) is 4.98 Å². The minimum Gasteiger partial charge on any atom is -0.382 e. The summed E-state index contributed by atoms with van der Waals surface area (Å²) in [6, 6.07) is 5.39. The number of imidazole rings is 1. The second-order valence-corrected chi connectivity index (χ2v) is 5.96. The summed E-state index contributed by atoms with van der Waals surface area (Å²) in [5.74, 6) is 5.85. The predicted octanol–water partition coefficient (Wildman–Crippen LogP) is 2.13. The van der Waals surface area contributed by atoms with E-state index in [1.807, 2.05) is 16.7 Å². The molecule has 0 aliphatic carbocycles. The number of halogens is 1. The lowest BCUT2D eigenvalue weighted by atomic mass is 10.1. The molecule has 0 bridgehead atoms. The standard InChI is InChI=1S/C18H18ClN3O3/c1-21-11-16-14(6-4-8-25-10-9-24-2)20-12-22(16)15-7-3-5-13(19)17(15)18(21)23/h3,5,7,12H,8-11H2,1-2H3. The molecule has 0 N–H and O–H groups in total. The largest absolute Gasteiger partial charge is 0.382 e. The summed E-state index contributed by atoms with van der Waals surface area (Å²) in [5.41, 5.74) is 2.67. The molecule has 0 saturated carbocycles. The van der Waals surface area contributed by atoms with Crippen LogP contribution in [0.5, 0.6) is 0 Å². The maximum absolute atomic E-state index is 12.6. The monoisotopic (exact) mass is 359 g/mol. The molecular weight excluding hydrogens is 342 g/mol. The molecule has 130 valence electrons. The first kappa shape index (κ1) is 17.5. The quantitative estimate of drug-likeness (QED) is 0.620. The van der Waals surface area contributed by atoms with E-state index in [0.717, 1.165) is 5.69 Å². The van der Waals surface area contributed by atoms with Crippen molar-refractivity contribution in [3.63, 3.8) is 0 Å². The summed E-state index contributed by atoms with van der Waals surface area (Å²) in [4.78, 5) is 18.6. The Balaban J connectivity index is 1.92. The van der Waals surface area contributed by atoms with E-state index in [-0.39, 0.29) is 5.91 Å². The van der Waals surface area contributed by atoms with Crippen LogP contribution in [-0.4, -0.2) is 54.3 Å². The van der Waals surface area contributed by atoms with Gasteiger partial charge >= 0.3 is 0 Å². The number of aromatic nitrogens is 2. The number of amides is 1. The zero-order valence-corrected chi connectivity index (χ0v) is 14.8. The van der Waals surface area contributed by atoms with E-state index in [1.165, 1.54) is 0 Å². The number of methoxy groups -OCH3 is 1. The fourth-order valence-corrected chi connectivity index (χ4v) is 2.89. The van der Waals surface area contributed by atoms with Crippen LogP contribution < -0.4 is 0 Å². The summed E-state index contributed by atoms with van der Waals surface area (Å²) in [6.07, 6.45) is 1.67. The van der Waals surface area contributed by atoms with Gasteiger partial charge in [0.25, 0.3) is 5.91 Å². The average molecular weight is 360 g/mol. The molecule has 1 aromatic carbocycles. The zero-order valence-electron chi connectivity index (χ0n) is 14.1. The van der Waals surface area contributed by atoms with Crippen LogP contribution in [0.4, 0.5) is 0 Å². The summed E-state index contributed by atoms with van der Waals surface area (Å²) >= 11 is 6.26. The van der Waals surface area contributed by atoms with E-state index < -0.39 is 0 Å². The van der Waals surface area contributed by atoms with Gasteiger partial charge < -0.3 is 14.4 Å². The Morgan fingerprint density at radius 2 is 2.20 bits per heavy atom. The molecule has 1 aliphatic rings. The highest BCUT2D eigenvalue weighted by Crippen LogP contribution is 2.29. The minimum absolute atomic E-state index is 0.119. The second-order valence-electron chi connectivity index (χ2n) is 5.55. The number of carbonyl (C=O) groups excluding carboxylic acids is 1. The molecule has 0 saturated heterocycles. The molecule has 1 amide bonds. The highest BCUT2D eigenvalue weighted by atomic mass is 35.5. The van der Waals surface area contributed by atoms with Gasteiger partial charge in [0.15, 0.2) is 0 Å². The van der Waals surface area contributed by atoms with E-state index in [4.69, 9.17) is 21.1 Å². The Labute approximate surface area is 151 Å². The molecule has 1 aliphatic heterocycles. The molecular formula is C18H18ClN3O3. The minimum atomic E-state index is -0.119. The summed E-state index contributed by atoms with van der Waals surface area (Å²) < 4.78 is 12.1. The van der Waals surface area contributed by atoms with Gasteiger partial charge in [-0.1, -0.05) is 23.6 Å². The van der Waals surface area contributed by atoms with Crippen molar-refractivity contribution in [3.05, 3.63) is 46.5 Å². The van der Waals surface area contributed by atoms with Gasteiger partial charge in [-0.05, 0) is 18.1 Å². The van der Waals surface area contributed by atoms with Crippen LogP contribution in [0.3, 0.4) is 0 Å². The number of hydrogen-bond donors (Lipinski definition) is 0. The third-order valence-corrected chi connectivity index (χ3v) is 4.19. The van der Waals surface area contributed by atoms with E-state index in [2.05, 4.69) is 16.8 Å². The lowest BCUT2D eigenvalue weighted by Gasteiger charge is -2.14. The van der Waals surface area contributed by atoms with Crippen molar-refractivity contribution in [1.29, 1.82) is 0 Å². The first-order chi connectivity index (χ1) is 12.1. The van der Waals surface area contributed by atoms with Gasteiger partial charge in [0.1, 0.15) is 18.6 Å². The normalized spacial score (nSPS) is 12.9. The second kappa shape index (κ2) is 7.70. The lowest BCUT2D eigenvalue weighted by Crippen LogP contribution is -2.25. The first-order valence-electron chi connectivity index (χ1n) is 7.79. The van der Waals surface area contributed by atoms with Crippen LogP contribution >= 0.6 is 11.6 Å². The van der Waals surface area contributed by atoms with Crippen molar-refractivity contribution in [2.24, 2.45) is 0 Å². The van der Waals surface area contributed by atoms with Crippen LogP contribution in [0, 0.1) is 11.8 Å². The van der Waals surface area contributed by atoms with E-state index in [0.29, 0.717) is 48.3 Å². The number of hydrogen-bond acceptors (Lipinski definition) is 4. The van der Waals surface area contributed by atoms with Gasteiger partial charge in [-0.3, -0.25) is 9.36 Å². The van der Waals surface area contributed by atoms with Gasteiger partial charge in [-0.15, -0.1) is 0 Å². The van der Waals surface area contributed by atoms with Crippen LogP contribution in [0.15, 0.2) is 24.5 Å². The van der Waals surface area contributed by atoms with Gasteiger partial charge in [-0.2, -0.15) is 0 Å². The van der Waals surface area contributed by atoms with E-state index in [9.17, 15) is 4.79 Å². The number of carbonyl (C=O) groups is 1. The molecule has 3 rings (SSSR count). The van der Waals surface area contributed by atoms with E-state index >= 15 is 0 Å². The Morgan fingerprint density at radius 3 is 3.00 bits per heavy atom. The van der Waals surface area contributed by atoms with Gasteiger partial charge in [0.05, 0.1) is 41.7 Å². The van der Waals surface area contributed by atoms with Crippen molar-refractivity contribution >= 4 is 17.5 Å². The molecule has 2 aromatic rings. The van der Waals surface area contributed by atoms with Crippen LogP contribution in [-0.2, 0) is 16.0 Å². The number of rotatable bonds is 4. The molecule has 0 unspecified atom stereocenters. The Bertz CT molecular complexity index is 851. The van der Waals surface area contributed by atoms with Crippen LogP contribution in [0.25, 0.3) is 5.69 Å². The fourth-order valence-electron chi connectivity index (χ4n) is 2.63. The highest BCUT2D eigenvalue weighted by Gasteiger charge is 2.27. The maximum Gasteiger partial charge on any atom is 0.257 e. The molecule has 0 atom stereocenters. The van der Waals surface area contributed by atoms with Crippen molar-refractivity contribution in [1.82, 2.24) is 14.5 Å². The number of ether oxygens (including phenoxy) is 2. The molecule has 7 heteroatoms. The molecule has 2 heterocycles. The third kappa shape index (κ3) is 3.54. The SMILES string of the molecule is COCCOCC#Cc1ncn2c1CN(C)C(=O)c1c(Cl)cccc1-2. The Kier molecular flexibility index (Phi) is 5.39. The maximum atomic E-state index is 12.6. The molecule has 1 aromatic heterocycles. The predicted molar refractivity (Wildman–Crippen MR) is 93.9 cm³/mol. The number of benzene rings is 1. The molecule has 0 radical (unpaired) electrons. The van der Waals surface area contributed by atoms with Crippen molar-refractivity contribution in [2.45, 2.75) is 6.54 Å². The zero-order chi connectivity index (χ0) is 17.8. The van der Waals surface area contributed by atoms with Gasteiger partial charge in [0.2, 0.25) is 0 Å². The summed E-state index contributed by atoms with van der Waals surface area (Å²) in [5, 5.41) is 0.426. The number of nitrogens with zero attached hydrogens (tertiary/aromatic N) is 3. The summed E-state index contributed by atoms with van der Waals surface area (Å²) in [7, 11) is 3.36. The van der Waals surface area contributed by atoms with Crippen molar-refractivity contribution < 1.29 is 14.3 Å². The molecule has 25 heavy (non-hydrogen) atoms. The summed E-state index contributed by atoms with van der Waals surface area (Å²) in [6.45, 7) is 1.73.